The summed E-state index contributed by atoms with van der Waals surface area (Å²) in [5.74, 6) is 0. The number of nitrogens with zero attached hydrogens (tertiary/aromatic N) is 2. The second kappa shape index (κ2) is 11.3. The topological polar surface area (TPSA) is 6.48 Å². The Hall–Kier alpha value is -4.56. The van der Waals surface area contributed by atoms with E-state index < -0.39 is 0 Å². The van der Waals surface area contributed by atoms with Crippen LogP contribution in [0.2, 0.25) is 0 Å². The van der Waals surface area contributed by atoms with Crippen LogP contribution in [0.1, 0.15) is 63.5 Å². The lowest BCUT2D eigenvalue weighted by molar-refractivity contribution is 0.578. The Labute approximate surface area is 279 Å². The highest BCUT2D eigenvalue weighted by Crippen LogP contribution is 2.51. The largest absolute Gasteiger partial charge is 0.372 e. The molecule has 0 bridgehead atoms. The summed E-state index contributed by atoms with van der Waals surface area (Å²) in [4.78, 5) is 5.22. The van der Waals surface area contributed by atoms with Gasteiger partial charge in [0.25, 0.3) is 0 Å². The third-order valence-corrected chi connectivity index (χ3v) is 11.5. The summed E-state index contributed by atoms with van der Waals surface area (Å²) < 4.78 is 0. The molecule has 1 aliphatic carbocycles. The van der Waals surface area contributed by atoms with Crippen LogP contribution in [-0.2, 0) is 5.41 Å². The fourth-order valence-corrected chi connectivity index (χ4v) is 9.00. The molecule has 2 nitrogen and oxygen atoms in total. The van der Waals surface area contributed by atoms with E-state index in [0.717, 1.165) is 26.2 Å². The minimum Gasteiger partial charge on any atom is -0.372 e. The molecule has 2 aliphatic heterocycles. The number of anilines is 2. The van der Waals surface area contributed by atoms with E-state index in [-0.39, 0.29) is 5.41 Å². The van der Waals surface area contributed by atoms with Crippen molar-refractivity contribution in [1.29, 1.82) is 0 Å². The summed E-state index contributed by atoms with van der Waals surface area (Å²) in [6, 6.07) is 42.2. The van der Waals surface area contributed by atoms with Crippen molar-refractivity contribution in [2.45, 2.75) is 57.8 Å². The molecule has 0 saturated carbocycles. The summed E-state index contributed by atoms with van der Waals surface area (Å²) >= 11 is 0. The average molecular weight is 613 g/mol. The summed E-state index contributed by atoms with van der Waals surface area (Å²) in [7, 11) is 0. The van der Waals surface area contributed by atoms with E-state index in [1.807, 2.05) is 0 Å². The molecule has 3 aliphatic rings. The highest BCUT2D eigenvalue weighted by atomic mass is 15.1. The number of piperidine rings is 2. The van der Waals surface area contributed by atoms with E-state index in [1.165, 1.54) is 116 Å². The zero-order valence-corrected chi connectivity index (χ0v) is 27.9. The lowest BCUT2D eigenvalue weighted by Gasteiger charge is -2.30. The van der Waals surface area contributed by atoms with Crippen molar-refractivity contribution >= 4 is 32.9 Å². The minimum atomic E-state index is -0.00344. The zero-order chi connectivity index (χ0) is 31.5. The molecule has 0 N–H and O–H groups in total. The summed E-state index contributed by atoms with van der Waals surface area (Å²) in [6.45, 7) is 9.33. The van der Waals surface area contributed by atoms with Gasteiger partial charge in [-0.15, -0.1) is 0 Å². The van der Waals surface area contributed by atoms with Crippen LogP contribution in [0.3, 0.4) is 0 Å². The van der Waals surface area contributed by atoms with Gasteiger partial charge in [-0.25, -0.2) is 0 Å². The molecular formula is C45H44N2. The van der Waals surface area contributed by atoms with Crippen molar-refractivity contribution in [1.82, 2.24) is 0 Å². The van der Waals surface area contributed by atoms with Gasteiger partial charge in [0.15, 0.2) is 0 Å². The fraction of sp³-hybridized carbons (Fsp3) is 0.289. The first-order chi connectivity index (χ1) is 23.1. The van der Waals surface area contributed by atoms with Crippen molar-refractivity contribution < 1.29 is 0 Å². The zero-order valence-electron chi connectivity index (χ0n) is 27.9. The van der Waals surface area contributed by atoms with Gasteiger partial charge in [0, 0.05) is 43.0 Å². The van der Waals surface area contributed by atoms with Gasteiger partial charge in [0.1, 0.15) is 0 Å². The summed E-state index contributed by atoms with van der Waals surface area (Å²) in [5.41, 5.74) is 13.7. The second-order valence-corrected chi connectivity index (χ2v) is 14.6. The highest BCUT2D eigenvalue weighted by molar-refractivity contribution is 6.22. The van der Waals surface area contributed by atoms with Crippen LogP contribution in [0.25, 0.3) is 54.9 Å². The Morgan fingerprint density at radius 1 is 0.426 bits per heavy atom. The summed E-state index contributed by atoms with van der Waals surface area (Å²) in [5, 5.41) is 5.40. The first kappa shape index (κ1) is 28.6. The molecule has 234 valence electrons. The molecule has 2 heterocycles. The van der Waals surface area contributed by atoms with Gasteiger partial charge in [-0.05, 0) is 135 Å². The Bertz CT molecular complexity index is 2130. The molecule has 0 radical (unpaired) electrons. The smallest absolute Gasteiger partial charge is 0.0372 e. The van der Waals surface area contributed by atoms with E-state index in [2.05, 4.69) is 133 Å². The molecule has 2 saturated heterocycles. The van der Waals surface area contributed by atoms with Crippen LogP contribution in [0, 0.1) is 0 Å². The van der Waals surface area contributed by atoms with Crippen LogP contribution in [-0.4, -0.2) is 26.2 Å². The number of hydrogen-bond donors (Lipinski definition) is 0. The van der Waals surface area contributed by atoms with Crippen LogP contribution >= 0.6 is 0 Å². The van der Waals surface area contributed by atoms with Crippen LogP contribution in [0.15, 0.2) is 109 Å². The van der Waals surface area contributed by atoms with Crippen molar-refractivity contribution in [2.75, 3.05) is 36.0 Å². The first-order valence-electron chi connectivity index (χ1n) is 17.9. The molecule has 0 aromatic heterocycles. The Balaban J connectivity index is 1.36. The Morgan fingerprint density at radius 2 is 0.957 bits per heavy atom. The molecule has 0 spiro atoms. The fourth-order valence-electron chi connectivity index (χ4n) is 9.00. The molecule has 2 heteroatoms. The maximum absolute atomic E-state index is 2.61. The van der Waals surface area contributed by atoms with Gasteiger partial charge in [-0.2, -0.15) is 0 Å². The molecule has 47 heavy (non-hydrogen) atoms. The predicted octanol–water partition coefficient (Wildman–Crippen LogP) is 11.6. The third kappa shape index (κ3) is 4.67. The van der Waals surface area contributed by atoms with E-state index in [0.29, 0.717) is 0 Å². The number of hydrogen-bond acceptors (Lipinski definition) is 2. The predicted molar refractivity (Wildman–Crippen MR) is 202 cm³/mol. The number of rotatable bonds is 4. The standard InChI is InChI=1S/C45H44N2/c1-45(2)41-17-9-8-16-35(41)38-28-32(18-23-42(38)45)44-37-22-20-33(46-24-10-4-11-25-46)29-39(37)43(31-14-6-3-7-15-31)36-21-19-34(30-40(36)44)47-26-12-5-13-27-47/h3,6-9,14-23,28-30H,4-5,10-13,24-27H2,1-2H3. The van der Waals surface area contributed by atoms with E-state index >= 15 is 0 Å². The molecule has 2 fully saturated rings. The third-order valence-electron chi connectivity index (χ3n) is 11.5. The number of benzene rings is 6. The molecule has 6 aromatic rings. The first-order valence-corrected chi connectivity index (χ1v) is 17.9. The Morgan fingerprint density at radius 3 is 1.57 bits per heavy atom. The maximum Gasteiger partial charge on any atom is 0.0372 e. The molecule has 0 atom stereocenters. The average Bonchev–Trinajstić information content (AvgIpc) is 3.36. The molecule has 0 unspecified atom stereocenters. The van der Waals surface area contributed by atoms with Crippen molar-refractivity contribution in [3.8, 4) is 33.4 Å². The molecule has 0 amide bonds. The van der Waals surface area contributed by atoms with Crippen LogP contribution in [0.4, 0.5) is 11.4 Å². The Kier molecular flexibility index (Phi) is 6.89. The van der Waals surface area contributed by atoms with Gasteiger partial charge < -0.3 is 9.80 Å². The van der Waals surface area contributed by atoms with Gasteiger partial charge in [0.05, 0.1) is 0 Å². The number of fused-ring (bicyclic) bond motifs is 5. The quantitative estimate of drug-likeness (QED) is 0.183. The van der Waals surface area contributed by atoms with Crippen LogP contribution in [0.5, 0.6) is 0 Å². The lowest BCUT2D eigenvalue weighted by Crippen LogP contribution is -2.29. The van der Waals surface area contributed by atoms with Gasteiger partial charge in [0.2, 0.25) is 0 Å². The molecule has 6 aromatic carbocycles. The van der Waals surface area contributed by atoms with Gasteiger partial charge >= 0.3 is 0 Å². The van der Waals surface area contributed by atoms with E-state index in [4.69, 9.17) is 0 Å². The van der Waals surface area contributed by atoms with Crippen LogP contribution < -0.4 is 9.80 Å². The second-order valence-electron chi connectivity index (χ2n) is 14.6. The lowest BCUT2D eigenvalue weighted by atomic mass is 9.81. The maximum atomic E-state index is 2.61. The minimum absolute atomic E-state index is 0.00344. The van der Waals surface area contributed by atoms with E-state index in [9.17, 15) is 0 Å². The summed E-state index contributed by atoms with van der Waals surface area (Å²) in [6.07, 6.45) is 7.78. The van der Waals surface area contributed by atoms with Crippen molar-refractivity contribution in [3.05, 3.63) is 120 Å². The van der Waals surface area contributed by atoms with E-state index in [1.54, 1.807) is 0 Å². The SMILES string of the molecule is CC1(C)c2ccccc2-c2cc(-c3c4ccc(N5CCCCC5)cc4c(-c4ccccc4)c4ccc(N5CCCCC5)cc34)ccc21. The van der Waals surface area contributed by atoms with Crippen molar-refractivity contribution in [2.24, 2.45) is 0 Å². The van der Waals surface area contributed by atoms with Gasteiger partial charge in [-0.3, -0.25) is 0 Å². The normalized spacial score (nSPS) is 17.2. The molecular weight excluding hydrogens is 569 g/mol. The molecule has 9 rings (SSSR count). The monoisotopic (exact) mass is 612 g/mol. The highest BCUT2D eigenvalue weighted by Gasteiger charge is 2.35. The van der Waals surface area contributed by atoms with Gasteiger partial charge in [-0.1, -0.05) is 92.7 Å². The van der Waals surface area contributed by atoms with Crippen molar-refractivity contribution in [3.63, 3.8) is 0 Å².